The molecule has 4 heterocycles. The molecule has 0 radical (unpaired) electrons. The Morgan fingerprint density at radius 1 is 1.00 bits per heavy atom. The normalized spacial score (nSPS) is 17.6. The van der Waals surface area contributed by atoms with Gasteiger partial charge < -0.3 is 18.9 Å². The fraction of sp³-hybridized carbons (Fsp3) is 0.448. The first-order chi connectivity index (χ1) is 18.3. The van der Waals surface area contributed by atoms with Crippen LogP contribution in [0.3, 0.4) is 0 Å². The van der Waals surface area contributed by atoms with E-state index in [9.17, 15) is 4.79 Å². The Labute approximate surface area is 226 Å². The Hall–Kier alpha value is -3.01. The molecule has 2 aliphatic heterocycles. The van der Waals surface area contributed by atoms with Gasteiger partial charge in [-0.25, -0.2) is 4.98 Å². The molecule has 0 aliphatic carbocycles. The molecule has 0 N–H and O–H groups in total. The summed E-state index contributed by atoms with van der Waals surface area (Å²) in [6, 6.07) is 17.0. The first kappa shape index (κ1) is 25.3. The third kappa shape index (κ3) is 4.90. The van der Waals surface area contributed by atoms with E-state index >= 15 is 0 Å². The van der Waals surface area contributed by atoms with Crippen LogP contribution in [0.4, 0.5) is 0 Å². The Morgan fingerprint density at radius 3 is 2.42 bits per heavy atom. The Kier molecular flexibility index (Phi) is 6.62. The zero-order chi connectivity index (χ0) is 26.3. The molecule has 38 heavy (non-hydrogen) atoms. The summed E-state index contributed by atoms with van der Waals surface area (Å²) in [5.74, 6) is -0.134. The molecule has 6 rings (SSSR count). The highest BCUT2D eigenvalue weighted by atomic mass is 32.2. The number of ether oxygens (including phenoxy) is 2. The largest absolute Gasteiger partial charge is 0.347 e. The molecule has 4 aromatic rings. The van der Waals surface area contributed by atoms with E-state index in [0.717, 1.165) is 22.1 Å². The molecule has 8 nitrogen and oxygen atoms in total. The predicted molar refractivity (Wildman–Crippen MR) is 148 cm³/mol. The van der Waals surface area contributed by atoms with E-state index in [2.05, 4.69) is 71.9 Å². The zero-order valence-corrected chi connectivity index (χ0v) is 23.0. The number of thioether (sulfide) groups is 1. The van der Waals surface area contributed by atoms with E-state index < -0.39 is 5.79 Å². The Morgan fingerprint density at radius 2 is 1.71 bits per heavy atom. The van der Waals surface area contributed by atoms with Crippen LogP contribution in [0.1, 0.15) is 44.7 Å². The van der Waals surface area contributed by atoms with Gasteiger partial charge in [-0.3, -0.25) is 4.79 Å². The van der Waals surface area contributed by atoms with Crippen molar-refractivity contribution in [1.29, 1.82) is 0 Å². The van der Waals surface area contributed by atoms with E-state index in [1.807, 2.05) is 17.0 Å². The van der Waals surface area contributed by atoms with Gasteiger partial charge in [0, 0.05) is 37.9 Å². The first-order valence-corrected chi connectivity index (χ1v) is 14.2. The van der Waals surface area contributed by atoms with Gasteiger partial charge in [-0.1, -0.05) is 75.0 Å². The molecule has 198 valence electrons. The van der Waals surface area contributed by atoms with Gasteiger partial charge in [0.25, 0.3) is 0 Å². The minimum atomic E-state index is -0.484. The molecule has 2 saturated heterocycles. The summed E-state index contributed by atoms with van der Waals surface area (Å²) in [4.78, 5) is 19.7. The number of likely N-dealkylation sites (tertiary alicyclic amines) is 1. The highest BCUT2D eigenvalue weighted by Crippen LogP contribution is 2.32. The lowest BCUT2D eigenvalue weighted by molar-refractivity contribution is -0.186. The highest BCUT2D eigenvalue weighted by Gasteiger charge is 2.40. The molecular formula is C29H33N5O3S. The number of benzene rings is 2. The third-order valence-corrected chi connectivity index (χ3v) is 8.35. The zero-order valence-electron chi connectivity index (χ0n) is 22.1. The molecule has 2 aliphatic rings. The minimum Gasteiger partial charge on any atom is -0.347 e. The number of hydrogen-bond acceptors (Lipinski definition) is 7. The maximum Gasteiger partial charge on any atom is 0.233 e. The SMILES string of the molecule is CC(C)(C)c1ccc(Cn2c3ccccc3c3nnc(SCC(=O)N4CCC5(CC4)OCCO5)nc32)cc1. The first-order valence-electron chi connectivity index (χ1n) is 13.2. The molecule has 2 aromatic heterocycles. The van der Waals surface area contributed by atoms with Gasteiger partial charge >= 0.3 is 0 Å². The van der Waals surface area contributed by atoms with Crippen molar-refractivity contribution < 1.29 is 14.3 Å². The van der Waals surface area contributed by atoms with Crippen LogP contribution in [0.2, 0.25) is 0 Å². The van der Waals surface area contributed by atoms with Crippen LogP contribution in [0.5, 0.6) is 0 Å². The average Bonchev–Trinajstić information content (AvgIpc) is 3.50. The van der Waals surface area contributed by atoms with Crippen LogP contribution in [0.15, 0.2) is 53.7 Å². The van der Waals surface area contributed by atoms with Gasteiger partial charge in [-0.2, -0.15) is 0 Å². The quantitative estimate of drug-likeness (QED) is 0.343. The second kappa shape index (κ2) is 9.94. The van der Waals surface area contributed by atoms with Gasteiger partial charge in [0.1, 0.15) is 5.52 Å². The number of amides is 1. The van der Waals surface area contributed by atoms with Crippen LogP contribution in [0.25, 0.3) is 22.1 Å². The third-order valence-electron chi connectivity index (χ3n) is 7.53. The number of rotatable bonds is 5. The maximum atomic E-state index is 12.9. The predicted octanol–water partition coefficient (Wildman–Crippen LogP) is 4.78. The number of carbonyl (C=O) groups excluding carboxylic acids is 1. The standard InChI is InChI=1S/C29H33N5O3S/c1-28(2,3)21-10-8-20(9-11-21)18-34-23-7-5-4-6-22(23)25-26(34)30-27(32-31-25)38-19-24(35)33-14-12-29(13-15-33)36-16-17-37-29/h4-11H,12-19H2,1-3H3. The van der Waals surface area contributed by atoms with Crippen molar-refractivity contribution in [2.75, 3.05) is 32.1 Å². The Bertz CT molecular complexity index is 1460. The smallest absolute Gasteiger partial charge is 0.233 e. The van der Waals surface area contributed by atoms with Crippen molar-refractivity contribution in [3.05, 3.63) is 59.7 Å². The van der Waals surface area contributed by atoms with Crippen LogP contribution in [-0.2, 0) is 26.2 Å². The van der Waals surface area contributed by atoms with Crippen LogP contribution < -0.4 is 0 Å². The van der Waals surface area contributed by atoms with E-state index in [4.69, 9.17) is 14.5 Å². The number of nitrogens with zero attached hydrogens (tertiary/aromatic N) is 5. The topological polar surface area (TPSA) is 82.4 Å². The van der Waals surface area contributed by atoms with Crippen LogP contribution in [-0.4, -0.2) is 68.4 Å². The fourth-order valence-corrected chi connectivity index (χ4v) is 5.99. The van der Waals surface area contributed by atoms with Crippen molar-refractivity contribution in [2.24, 2.45) is 0 Å². The van der Waals surface area contributed by atoms with E-state index in [-0.39, 0.29) is 17.1 Å². The molecule has 0 atom stereocenters. The van der Waals surface area contributed by atoms with Crippen molar-refractivity contribution in [3.63, 3.8) is 0 Å². The lowest BCUT2D eigenvalue weighted by atomic mass is 9.87. The molecule has 2 aromatic carbocycles. The minimum absolute atomic E-state index is 0.0750. The van der Waals surface area contributed by atoms with Gasteiger partial charge in [0.15, 0.2) is 11.4 Å². The van der Waals surface area contributed by atoms with Gasteiger partial charge in [-0.05, 0) is 22.6 Å². The molecule has 1 amide bonds. The second-order valence-corrected chi connectivity index (χ2v) is 12.0. The number of para-hydroxylation sites is 1. The summed E-state index contributed by atoms with van der Waals surface area (Å²) in [6.07, 6.45) is 1.43. The van der Waals surface area contributed by atoms with Crippen molar-refractivity contribution in [1.82, 2.24) is 24.6 Å². The number of fused-ring (bicyclic) bond motifs is 3. The lowest BCUT2D eigenvalue weighted by Gasteiger charge is -2.37. The van der Waals surface area contributed by atoms with Gasteiger partial charge in [-0.15, -0.1) is 10.2 Å². The summed E-state index contributed by atoms with van der Waals surface area (Å²) in [5.41, 5.74) is 5.25. The fourth-order valence-electron chi connectivity index (χ4n) is 5.30. The summed E-state index contributed by atoms with van der Waals surface area (Å²) < 4.78 is 13.8. The number of hydrogen-bond donors (Lipinski definition) is 0. The number of piperidine rings is 1. The maximum absolute atomic E-state index is 12.9. The summed E-state index contributed by atoms with van der Waals surface area (Å²) in [7, 11) is 0. The van der Waals surface area contributed by atoms with E-state index in [0.29, 0.717) is 50.8 Å². The van der Waals surface area contributed by atoms with E-state index in [1.54, 1.807) is 0 Å². The molecule has 9 heteroatoms. The molecule has 0 saturated carbocycles. The average molecular weight is 532 g/mol. The molecule has 2 fully saturated rings. The molecular weight excluding hydrogens is 498 g/mol. The van der Waals surface area contributed by atoms with Crippen LogP contribution in [0, 0.1) is 0 Å². The molecule has 0 bridgehead atoms. The highest BCUT2D eigenvalue weighted by molar-refractivity contribution is 7.99. The lowest BCUT2D eigenvalue weighted by Crippen LogP contribution is -2.47. The van der Waals surface area contributed by atoms with Crippen molar-refractivity contribution >= 4 is 39.7 Å². The Balaban J connectivity index is 1.21. The summed E-state index contributed by atoms with van der Waals surface area (Å²) in [5, 5.41) is 10.4. The summed E-state index contributed by atoms with van der Waals surface area (Å²) in [6.45, 7) is 9.89. The molecule has 1 spiro atoms. The molecule has 0 unspecified atom stereocenters. The van der Waals surface area contributed by atoms with Crippen LogP contribution >= 0.6 is 11.8 Å². The van der Waals surface area contributed by atoms with Gasteiger partial charge in [0.05, 0.1) is 24.5 Å². The second-order valence-electron chi connectivity index (χ2n) is 11.1. The number of aromatic nitrogens is 4. The van der Waals surface area contributed by atoms with Crippen molar-refractivity contribution in [3.8, 4) is 0 Å². The monoisotopic (exact) mass is 531 g/mol. The van der Waals surface area contributed by atoms with E-state index in [1.165, 1.54) is 22.9 Å². The number of carbonyl (C=O) groups is 1. The van der Waals surface area contributed by atoms with Gasteiger partial charge in [0.2, 0.25) is 11.1 Å². The van der Waals surface area contributed by atoms with Crippen molar-refractivity contribution in [2.45, 2.75) is 56.5 Å². The summed E-state index contributed by atoms with van der Waals surface area (Å²) >= 11 is 1.34.